The van der Waals surface area contributed by atoms with Gasteiger partial charge in [-0.15, -0.1) is 0 Å². The van der Waals surface area contributed by atoms with Crippen molar-refractivity contribution in [3.05, 3.63) is 70.5 Å². The van der Waals surface area contributed by atoms with Crippen LogP contribution in [0.25, 0.3) is 5.69 Å². The second-order valence-corrected chi connectivity index (χ2v) is 9.84. The van der Waals surface area contributed by atoms with Gasteiger partial charge in [0.2, 0.25) is 10.0 Å². The van der Waals surface area contributed by atoms with Crippen LogP contribution < -0.4 is 10.0 Å². The molecular weight excluding hydrogens is 456 g/mol. The molecule has 180 valence electrons. The summed E-state index contributed by atoms with van der Waals surface area (Å²) in [6.45, 7) is 8.11. The van der Waals surface area contributed by atoms with E-state index in [9.17, 15) is 18.0 Å². The number of ether oxygens (including phenoxy) is 1. The van der Waals surface area contributed by atoms with Crippen molar-refractivity contribution in [1.82, 2.24) is 14.5 Å². The third-order valence-corrected chi connectivity index (χ3v) is 6.79. The van der Waals surface area contributed by atoms with Gasteiger partial charge in [-0.1, -0.05) is 23.8 Å². The fourth-order valence-electron chi connectivity index (χ4n) is 3.25. The number of sulfonamides is 1. The van der Waals surface area contributed by atoms with Gasteiger partial charge in [-0.05, 0) is 70.0 Å². The molecule has 10 heteroatoms. The highest BCUT2D eigenvalue weighted by Gasteiger charge is 2.19. The van der Waals surface area contributed by atoms with E-state index < -0.39 is 35.1 Å². The van der Waals surface area contributed by atoms with Gasteiger partial charge in [-0.2, -0.15) is 9.82 Å². The normalized spacial score (nSPS) is 11.3. The number of nitrogens with one attached hydrogen (secondary N) is 2. The quantitative estimate of drug-likeness (QED) is 0.475. The van der Waals surface area contributed by atoms with Gasteiger partial charge in [0.25, 0.3) is 5.91 Å². The Bertz CT molecular complexity index is 1330. The summed E-state index contributed by atoms with van der Waals surface area (Å²) in [7, 11) is -3.88. The maximum Gasteiger partial charge on any atom is 0.321 e. The van der Waals surface area contributed by atoms with Crippen LogP contribution in [-0.4, -0.2) is 43.2 Å². The van der Waals surface area contributed by atoms with Crippen molar-refractivity contribution < 1.29 is 22.7 Å². The number of esters is 1. The molecule has 0 saturated heterocycles. The number of aryl methyl sites for hydroxylation is 4. The van der Waals surface area contributed by atoms with Gasteiger partial charge < -0.3 is 10.1 Å². The SMILES string of the molecule is Cc1ccc(-n2nc(C)c(NC(=O)COC(=O)CNS(=O)(=O)c3ccc(C)c(C)c3)c2C)cc1. The van der Waals surface area contributed by atoms with Crippen LogP contribution in [-0.2, 0) is 24.3 Å². The van der Waals surface area contributed by atoms with Crippen molar-refractivity contribution in [2.75, 3.05) is 18.5 Å². The topological polar surface area (TPSA) is 119 Å². The number of hydrogen-bond donors (Lipinski definition) is 2. The number of amides is 1. The van der Waals surface area contributed by atoms with E-state index in [0.29, 0.717) is 11.4 Å². The molecule has 0 atom stereocenters. The zero-order valence-corrected chi connectivity index (χ0v) is 20.6. The smallest absolute Gasteiger partial charge is 0.321 e. The summed E-state index contributed by atoms with van der Waals surface area (Å²) < 4.78 is 33.6. The van der Waals surface area contributed by atoms with Crippen LogP contribution in [0, 0.1) is 34.6 Å². The van der Waals surface area contributed by atoms with Gasteiger partial charge in [-0.3, -0.25) is 9.59 Å². The van der Waals surface area contributed by atoms with E-state index in [2.05, 4.69) is 15.1 Å². The Morgan fingerprint density at radius 1 is 0.971 bits per heavy atom. The molecule has 0 spiro atoms. The average Bonchev–Trinajstić information content (AvgIpc) is 3.07. The summed E-state index contributed by atoms with van der Waals surface area (Å²) in [6, 6.07) is 12.5. The maximum absolute atomic E-state index is 12.4. The van der Waals surface area contributed by atoms with Crippen LogP contribution in [0.2, 0.25) is 0 Å². The molecule has 0 unspecified atom stereocenters. The van der Waals surface area contributed by atoms with Crippen molar-refractivity contribution in [3.8, 4) is 5.69 Å². The first-order valence-corrected chi connectivity index (χ1v) is 12.1. The van der Waals surface area contributed by atoms with Crippen LogP contribution in [0.1, 0.15) is 28.1 Å². The molecule has 0 aliphatic carbocycles. The van der Waals surface area contributed by atoms with Gasteiger partial charge in [0.1, 0.15) is 6.54 Å². The highest BCUT2D eigenvalue weighted by molar-refractivity contribution is 7.89. The Kier molecular flexibility index (Phi) is 7.53. The van der Waals surface area contributed by atoms with E-state index in [-0.39, 0.29) is 4.90 Å². The molecule has 2 aromatic carbocycles. The van der Waals surface area contributed by atoms with Gasteiger partial charge in [0, 0.05) is 0 Å². The zero-order chi connectivity index (χ0) is 25.0. The first kappa shape index (κ1) is 25.1. The number of benzene rings is 2. The van der Waals surface area contributed by atoms with E-state index in [1.807, 2.05) is 45.0 Å². The summed E-state index contributed by atoms with van der Waals surface area (Å²) in [6.07, 6.45) is 0. The molecule has 1 heterocycles. The molecule has 0 saturated carbocycles. The minimum atomic E-state index is -3.88. The lowest BCUT2D eigenvalue weighted by Crippen LogP contribution is -2.32. The van der Waals surface area contributed by atoms with E-state index in [1.165, 1.54) is 12.1 Å². The van der Waals surface area contributed by atoms with Crippen LogP contribution in [0.4, 0.5) is 5.69 Å². The molecule has 0 radical (unpaired) electrons. The molecule has 1 amide bonds. The third kappa shape index (κ3) is 5.89. The van der Waals surface area contributed by atoms with Crippen LogP contribution >= 0.6 is 0 Å². The predicted molar refractivity (Wildman–Crippen MR) is 128 cm³/mol. The summed E-state index contributed by atoms with van der Waals surface area (Å²) in [5.41, 5.74) is 5.61. The minimum absolute atomic E-state index is 0.0534. The summed E-state index contributed by atoms with van der Waals surface area (Å²) in [4.78, 5) is 24.4. The van der Waals surface area contributed by atoms with Gasteiger partial charge in [-0.25, -0.2) is 13.1 Å². The highest BCUT2D eigenvalue weighted by Crippen LogP contribution is 2.23. The number of hydrogen-bond acceptors (Lipinski definition) is 6. The Morgan fingerprint density at radius 2 is 1.65 bits per heavy atom. The zero-order valence-electron chi connectivity index (χ0n) is 19.8. The first-order chi connectivity index (χ1) is 16.0. The first-order valence-electron chi connectivity index (χ1n) is 10.6. The van der Waals surface area contributed by atoms with E-state index in [1.54, 1.807) is 24.6 Å². The molecule has 0 fully saturated rings. The maximum atomic E-state index is 12.4. The molecule has 0 aliphatic heterocycles. The summed E-state index contributed by atoms with van der Waals surface area (Å²) >= 11 is 0. The summed E-state index contributed by atoms with van der Waals surface area (Å²) in [5, 5.41) is 7.18. The summed E-state index contributed by atoms with van der Waals surface area (Å²) in [5.74, 6) is -1.42. The highest BCUT2D eigenvalue weighted by atomic mass is 32.2. The molecule has 3 aromatic rings. The number of aromatic nitrogens is 2. The number of rotatable bonds is 8. The van der Waals surface area contributed by atoms with Crippen molar-refractivity contribution in [1.29, 1.82) is 0 Å². The van der Waals surface area contributed by atoms with E-state index in [0.717, 1.165) is 28.1 Å². The second-order valence-electron chi connectivity index (χ2n) is 8.07. The third-order valence-electron chi connectivity index (χ3n) is 5.39. The lowest BCUT2D eigenvalue weighted by atomic mass is 10.1. The van der Waals surface area contributed by atoms with Crippen molar-refractivity contribution in [2.45, 2.75) is 39.5 Å². The monoisotopic (exact) mass is 484 g/mol. The standard InChI is InChI=1S/C24H28N4O5S/c1-15-6-9-20(10-7-15)28-19(5)24(18(4)27-28)26-22(29)14-33-23(30)13-25-34(31,32)21-11-8-16(2)17(3)12-21/h6-12,25H,13-14H2,1-5H3,(H,26,29). The number of anilines is 1. The molecule has 0 aliphatic rings. The molecular formula is C24H28N4O5S. The van der Waals surface area contributed by atoms with Gasteiger partial charge in [0.15, 0.2) is 6.61 Å². The number of carbonyl (C=O) groups is 2. The van der Waals surface area contributed by atoms with Crippen LogP contribution in [0.15, 0.2) is 47.4 Å². The van der Waals surface area contributed by atoms with Gasteiger partial charge >= 0.3 is 5.97 Å². The van der Waals surface area contributed by atoms with Gasteiger partial charge in [0.05, 0.1) is 27.7 Å². The number of carbonyl (C=O) groups excluding carboxylic acids is 2. The Balaban J connectivity index is 1.55. The van der Waals surface area contributed by atoms with E-state index in [4.69, 9.17) is 4.74 Å². The molecule has 3 rings (SSSR count). The number of nitrogens with zero attached hydrogens (tertiary/aromatic N) is 2. The molecule has 9 nitrogen and oxygen atoms in total. The molecule has 2 N–H and O–H groups in total. The Labute approximate surface area is 199 Å². The Morgan fingerprint density at radius 3 is 2.29 bits per heavy atom. The lowest BCUT2D eigenvalue weighted by Gasteiger charge is -2.10. The largest absolute Gasteiger partial charge is 0.455 e. The van der Waals surface area contributed by atoms with Crippen molar-refractivity contribution >= 4 is 27.6 Å². The molecule has 0 bridgehead atoms. The average molecular weight is 485 g/mol. The minimum Gasteiger partial charge on any atom is -0.455 e. The van der Waals surface area contributed by atoms with Crippen molar-refractivity contribution in [3.63, 3.8) is 0 Å². The van der Waals surface area contributed by atoms with E-state index >= 15 is 0 Å². The van der Waals surface area contributed by atoms with Crippen molar-refractivity contribution in [2.24, 2.45) is 0 Å². The van der Waals surface area contributed by atoms with Crippen LogP contribution in [0.5, 0.6) is 0 Å². The van der Waals surface area contributed by atoms with Crippen LogP contribution in [0.3, 0.4) is 0 Å². The Hall–Kier alpha value is -3.50. The second kappa shape index (κ2) is 10.2. The lowest BCUT2D eigenvalue weighted by molar-refractivity contribution is -0.146. The predicted octanol–water partition coefficient (Wildman–Crippen LogP) is 2.87. The fourth-order valence-corrected chi connectivity index (χ4v) is 4.31. The fraction of sp³-hybridized carbons (Fsp3) is 0.292. The molecule has 1 aromatic heterocycles. The molecule has 34 heavy (non-hydrogen) atoms.